The van der Waals surface area contributed by atoms with Crippen LogP contribution in [0.4, 0.5) is 4.79 Å². The van der Waals surface area contributed by atoms with E-state index in [1.165, 1.54) is 5.56 Å². The first-order chi connectivity index (χ1) is 13.5. The van der Waals surface area contributed by atoms with Crippen LogP contribution in [-0.4, -0.2) is 56.4 Å². The number of methoxy groups -OCH3 is 1. The zero-order valence-corrected chi connectivity index (χ0v) is 16.7. The molecule has 3 aliphatic rings. The molecule has 0 aromatic heterocycles. The summed E-state index contributed by atoms with van der Waals surface area (Å²) in [7, 11) is 3.24. The molecule has 0 radical (unpaired) electrons. The molecule has 6 heteroatoms. The summed E-state index contributed by atoms with van der Waals surface area (Å²) in [4.78, 5) is 11.8. The molecule has 1 aromatic rings. The maximum Gasteiger partial charge on any atom is 0.407 e. The van der Waals surface area contributed by atoms with Crippen LogP contribution in [-0.2, 0) is 18.9 Å². The Morgan fingerprint density at radius 1 is 1.36 bits per heavy atom. The Hall–Kier alpha value is -1.89. The number of rotatable bonds is 6. The van der Waals surface area contributed by atoms with Crippen molar-refractivity contribution in [1.82, 2.24) is 5.32 Å². The number of benzene rings is 1. The Bertz CT molecular complexity index is 732. The van der Waals surface area contributed by atoms with Crippen molar-refractivity contribution in [3.63, 3.8) is 0 Å². The van der Waals surface area contributed by atoms with E-state index in [-0.39, 0.29) is 35.4 Å². The predicted molar refractivity (Wildman–Crippen MR) is 105 cm³/mol. The van der Waals surface area contributed by atoms with E-state index in [0.29, 0.717) is 0 Å². The second-order valence-electron chi connectivity index (χ2n) is 8.10. The highest BCUT2D eigenvalue weighted by Crippen LogP contribution is 2.59. The van der Waals surface area contributed by atoms with Gasteiger partial charge in [-0.3, -0.25) is 0 Å². The Kier molecular flexibility index (Phi) is 5.21. The lowest BCUT2D eigenvalue weighted by Crippen LogP contribution is -2.56. The normalized spacial score (nSPS) is 39.1. The fraction of sp³-hybridized carbons (Fsp3) is 0.591. The van der Waals surface area contributed by atoms with E-state index in [1.54, 1.807) is 14.2 Å². The molecule has 2 saturated heterocycles. The Labute approximate surface area is 166 Å². The van der Waals surface area contributed by atoms with Crippen LogP contribution in [0, 0.1) is 5.92 Å². The van der Waals surface area contributed by atoms with Crippen molar-refractivity contribution in [3.8, 4) is 0 Å². The van der Waals surface area contributed by atoms with Gasteiger partial charge in [0.1, 0.15) is 23.4 Å². The van der Waals surface area contributed by atoms with Gasteiger partial charge in [0.15, 0.2) is 0 Å². The van der Waals surface area contributed by atoms with Crippen LogP contribution in [0.15, 0.2) is 36.4 Å². The SMILES string of the molecule is CNC(=O)OC1CCC2(CO2)C(C2(C)OC2CC=Cc2ccccc2)C1OC. The average Bonchev–Trinajstić information content (AvgIpc) is 3.62. The fourth-order valence-electron chi connectivity index (χ4n) is 4.82. The van der Waals surface area contributed by atoms with Crippen LogP contribution < -0.4 is 5.32 Å². The molecule has 6 unspecified atom stereocenters. The third-order valence-electron chi connectivity index (χ3n) is 6.42. The van der Waals surface area contributed by atoms with Crippen LogP contribution >= 0.6 is 0 Å². The van der Waals surface area contributed by atoms with Crippen LogP contribution in [0.5, 0.6) is 0 Å². The number of carbonyl (C=O) groups excluding carboxylic acids is 1. The van der Waals surface area contributed by atoms with Crippen molar-refractivity contribution >= 4 is 12.2 Å². The number of nitrogens with one attached hydrogen (secondary N) is 1. The molecule has 152 valence electrons. The van der Waals surface area contributed by atoms with Gasteiger partial charge in [0.2, 0.25) is 0 Å². The van der Waals surface area contributed by atoms with E-state index < -0.39 is 6.09 Å². The van der Waals surface area contributed by atoms with E-state index >= 15 is 0 Å². The smallest absolute Gasteiger partial charge is 0.407 e. The topological polar surface area (TPSA) is 72.6 Å². The molecule has 1 amide bonds. The van der Waals surface area contributed by atoms with Gasteiger partial charge in [-0.15, -0.1) is 0 Å². The van der Waals surface area contributed by atoms with Gasteiger partial charge in [0, 0.05) is 14.2 Å². The molecule has 1 aromatic carbocycles. The first-order valence-corrected chi connectivity index (χ1v) is 9.97. The summed E-state index contributed by atoms with van der Waals surface area (Å²) in [6, 6.07) is 10.2. The van der Waals surface area contributed by atoms with Gasteiger partial charge < -0.3 is 24.3 Å². The highest BCUT2D eigenvalue weighted by molar-refractivity contribution is 5.67. The van der Waals surface area contributed by atoms with E-state index in [1.807, 2.05) is 18.2 Å². The lowest BCUT2D eigenvalue weighted by atomic mass is 9.68. The van der Waals surface area contributed by atoms with E-state index in [0.717, 1.165) is 25.9 Å². The summed E-state index contributed by atoms with van der Waals surface area (Å²) in [5.41, 5.74) is 0.622. The first-order valence-electron chi connectivity index (χ1n) is 9.97. The molecule has 4 rings (SSSR count). The Morgan fingerprint density at radius 2 is 2.11 bits per heavy atom. The van der Waals surface area contributed by atoms with Crippen LogP contribution in [0.3, 0.4) is 0 Å². The minimum absolute atomic E-state index is 0.0310. The Morgan fingerprint density at radius 3 is 2.75 bits per heavy atom. The molecule has 2 heterocycles. The number of carbonyl (C=O) groups is 1. The third kappa shape index (κ3) is 3.56. The Balaban J connectivity index is 1.46. The average molecular weight is 387 g/mol. The van der Waals surface area contributed by atoms with Crippen LogP contribution in [0.1, 0.15) is 31.7 Å². The molecule has 2 aliphatic heterocycles. The fourth-order valence-corrected chi connectivity index (χ4v) is 4.82. The largest absolute Gasteiger partial charge is 0.443 e. The summed E-state index contributed by atoms with van der Waals surface area (Å²) in [6.45, 7) is 2.85. The maximum absolute atomic E-state index is 11.8. The van der Waals surface area contributed by atoms with Gasteiger partial charge in [0.05, 0.1) is 18.6 Å². The van der Waals surface area contributed by atoms with E-state index in [9.17, 15) is 4.79 Å². The zero-order valence-electron chi connectivity index (χ0n) is 16.7. The maximum atomic E-state index is 11.8. The van der Waals surface area contributed by atoms with E-state index in [2.05, 4.69) is 36.5 Å². The molecule has 28 heavy (non-hydrogen) atoms. The van der Waals surface area contributed by atoms with Gasteiger partial charge in [-0.25, -0.2) is 4.79 Å². The number of hydrogen-bond donors (Lipinski definition) is 1. The van der Waals surface area contributed by atoms with Gasteiger partial charge >= 0.3 is 6.09 Å². The van der Waals surface area contributed by atoms with Crippen LogP contribution in [0.25, 0.3) is 6.08 Å². The van der Waals surface area contributed by atoms with E-state index in [4.69, 9.17) is 18.9 Å². The monoisotopic (exact) mass is 387 g/mol. The van der Waals surface area contributed by atoms with Crippen molar-refractivity contribution in [1.29, 1.82) is 0 Å². The van der Waals surface area contributed by atoms with Gasteiger partial charge in [-0.05, 0) is 31.7 Å². The molecule has 1 aliphatic carbocycles. The number of epoxide rings is 2. The summed E-state index contributed by atoms with van der Waals surface area (Å²) in [5.74, 6) is 0.0310. The van der Waals surface area contributed by atoms with Crippen molar-refractivity contribution in [3.05, 3.63) is 42.0 Å². The quantitative estimate of drug-likeness (QED) is 0.759. The molecular formula is C22H29NO5. The molecular weight excluding hydrogens is 358 g/mol. The molecule has 1 saturated carbocycles. The lowest BCUT2D eigenvalue weighted by molar-refractivity contribution is -0.117. The van der Waals surface area contributed by atoms with Gasteiger partial charge in [0.25, 0.3) is 0 Å². The number of hydrogen-bond acceptors (Lipinski definition) is 5. The molecule has 1 spiro atoms. The van der Waals surface area contributed by atoms with Crippen molar-refractivity contribution < 1.29 is 23.7 Å². The molecule has 6 nitrogen and oxygen atoms in total. The molecule has 1 N–H and O–H groups in total. The number of alkyl carbamates (subject to hydrolysis) is 1. The van der Waals surface area contributed by atoms with Gasteiger partial charge in [-0.2, -0.15) is 0 Å². The summed E-state index contributed by atoms with van der Waals surface area (Å²) < 4.78 is 23.6. The van der Waals surface area contributed by atoms with Crippen molar-refractivity contribution in [2.45, 2.75) is 55.7 Å². The summed E-state index contributed by atoms with van der Waals surface area (Å²) >= 11 is 0. The second kappa shape index (κ2) is 7.50. The molecule has 6 atom stereocenters. The second-order valence-corrected chi connectivity index (χ2v) is 8.10. The standard InChI is InChI=1S/C22H29NO5/c1-21(17(28-21)11-7-10-15-8-5-4-6-9-15)19-18(25-3)16(27-20(24)23-2)12-13-22(19)14-26-22/h4-10,16-19H,11-14H2,1-3H3,(H,23,24). The lowest BCUT2D eigenvalue weighted by Gasteiger charge is -2.42. The first kappa shape index (κ1) is 19.4. The van der Waals surface area contributed by atoms with Crippen LogP contribution in [0.2, 0.25) is 0 Å². The predicted octanol–water partition coefficient (Wildman–Crippen LogP) is 3.17. The van der Waals surface area contributed by atoms with Crippen molar-refractivity contribution in [2.75, 3.05) is 20.8 Å². The zero-order chi connectivity index (χ0) is 19.8. The summed E-state index contributed by atoms with van der Waals surface area (Å²) in [6.07, 6.45) is 5.83. The minimum atomic E-state index is -0.428. The highest BCUT2D eigenvalue weighted by atomic mass is 16.6. The highest BCUT2D eigenvalue weighted by Gasteiger charge is 2.72. The minimum Gasteiger partial charge on any atom is -0.443 e. The number of amides is 1. The molecule has 3 fully saturated rings. The number of ether oxygens (including phenoxy) is 4. The summed E-state index contributed by atoms with van der Waals surface area (Å²) in [5, 5.41) is 2.53. The van der Waals surface area contributed by atoms with Gasteiger partial charge in [-0.1, -0.05) is 42.5 Å². The van der Waals surface area contributed by atoms with Crippen molar-refractivity contribution in [2.24, 2.45) is 5.92 Å². The third-order valence-corrected chi connectivity index (χ3v) is 6.42. The molecule has 0 bridgehead atoms.